The van der Waals surface area contributed by atoms with Gasteiger partial charge in [0.15, 0.2) is 5.78 Å². The van der Waals surface area contributed by atoms with Crippen molar-refractivity contribution >= 4 is 41.1 Å². The van der Waals surface area contributed by atoms with E-state index in [9.17, 15) is 4.79 Å². The Morgan fingerprint density at radius 3 is 1.54 bits per heavy atom. The minimum Gasteiger partial charge on any atom is -0.289 e. The van der Waals surface area contributed by atoms with Crippen LogP contribution >= 0.6 is 23.2 Å². The van der Waals surface area contributed by atoms with Crippen LogP contribution in [0, 0.1) is 5.92 Å². The third-order valence-corrected chi connectivity index (χ3v) is 4.65. The van der Waals surface area contributed by atoms with Crippen molar-refractivity contribution in [3.05, 3.63) is 80.8 Å². The van der Waals surface area contributed by atoms with E-state index in [2.05, 4.69) is 6.92 Å². The van der Waals surface area contributed by atoms with Crippen molar-refractivity contribution in [3.8, 4) is 0 Å². The van der Waals surface area contributed by atoms with Crippen molar-refractivity contribution in [1.82, 2.24) is 0 Å². The molecular weight excluding hydrogens is 339 g/mol. The lowest BCUT2D eigenvalue weighted by Crippen LogP contribution is -2.18. The Balaban J connectivity index is 1.90. The molecule has 0 spiro atoms. The van der Waals surface area contributed by atoms with E-state index in [4.69, 9.17) is 23.2 Å². The largest absolute Gasteiger partial charge is 0.289 e. The Hall–Kier alpha value is -1.83. The van der Waals surface area contributed by atoms with E-state index in [1.165, 1.54) is 0 Å². The fourth-order valence-electron chi connectivity index (χ4n) is 2.98. The van der Waals surface area contributed by atoms with Crippen molar-refractivity contribution in [2.45, 2.75) is 19.8 Å². The van der Waals surface area contributed by atoms with Gasteiger partial charge >= 0.3 is 0 Å². The molecule has 0 bridgehead atoms. The van der Waals surface area contributed by atoms with Gasteiger partial charge in [-0.2, -0.15) is 0 Å². The zero-order valence-electron chi connectivity index (χ0n) is 13.4. The molecule has 1 aliphatic rings. The summed E-state index contributed by atoms with van der Waals surface area (Å²) in [5.41, 5.74) is 3.72. The summed E-state index contributed by atoms with van der Waals surface area (Å²) in [7, 11) is 0. The van der Waals surface area contributed by atoms with E-state index in [1.807, 2.05) is 60.7 Å². The molecule has 1 atom stereocenters. The van der Waals surface area contributed by atoms with Crippen LogP contribution in [-0.2, 0) is 4.79 Å². The summed E-state index contributed by atoms with van der Waals surface area (Å²) in [6, 6.07) is 15.1. The maximum absolute atomic E-state index is 12.8. The minimum absolute atomic E-state index is 0.137. The molecule has 0 aliphatic heterocycles. The summed E-state index contributed by atoms with van der Waals surface area (Å²) >= 11 is 11.8. The van der Waals surface area contributed by atoms with Crippen molar-refractivity contribution in [3.63, 3.8) is 0 Å². The Morgan fingerprint density at radius 2 is 1.17 bits per heavy atom. The van der Waals surface area contributed by atoms with Gasteiger partial charge in [0.1, 0.15) is 0 Å². The summed E-state index contributed by atoms with van der Waals surface area (Å²) in [4.78, 5) is 12.8. The summed E-state index contributed by atoms with van der Waals surface area (Å²) < 4.78 is 0. The van der Waals surface area contributed by atoms with Crippen LogP contribution in [0.5, 0.6) is 0 Å². The van der Waals surface area contributed by atoms with Crippen LogP contribution < -0.4 is 0 Å². The van der Waals surface area contributed by atoms with Crippen LogP contribution in [0.2, 0.25) is 10.0 Å². The second-order valence-corrected chi connectivity index (χ2v) is 7.16. The molecule has 0 saturated heterocycles. The maximum Gasteiger partial charge on any atom is 0.185 e. The summed E-state index contributed by atoms with van der Waals surface area (Å²) in [5, 5.41) is 1.40. The average Bonchev–Trinajstić information content (AvgIpc) is 2.56. The first-order chi connectivity index (χ1) is 11.5. The molecule has 0 amide bonds. The van der Waals surface area contributed by atoms with Gasteiger partial charge < -0.3 is 0 Å². The van der Waals surface area contributed by atoms with Gasteiger partial charge in [0.05, 0.1) is 0 Å². The lowest BCUT2D eigenvalue weighted by atomic mass is 9.81. The Labute approximate surface area is 152 Å². The van der Waals surface area contributed by atoms with E-state index in [1.54, 1.807) is 0 Å². The van der Waals surface area contributed by atoms with Crippen molar-refractivity contribution in [2.24, 2.45) is 5.92 Å². The molecule has 1 unspecified atom stereocenters. The van der Waals surface area contributed by atoms with Crippen molar-refractivity contribution in [2.75, 3.05) is 0 Å². The first-order valence-electron chi connectivity index (χ1n) is 7.98. The number of halogens is 2. The first-order valence-corrected chi connectivity index (χ1v) is 8.74. The van der Waals surface area contributed by atoms with E-state index < -0.39 is 0 Å². The monoisotopic (exact) mass is 356 g/mol. The average molecular weight is 357 g/mol. The second-order valence-electron chi connectivity index (χ2n) is 6.28. The highest BCUT2D eigenvalue weighted by atomic mass is 35.5. The van der Waals surface area contributed by atoms with Crippen LogP contribution in [0.4, 0.5) is 0 Å². The third-order valence-electron chi connectivity index (χ3n) is 4.14. The number of hydrogen-bond acceptors (Lipinski definition) is 1. The summed E-state index contributed by atoms with van der Waals surface area (Å²) in [5.74, 6) is 0.581. The fourth-order valence-corrected chi connectivity index (χ4v) is 3.24. The molecule has 122 valence electrons. The number of carbonyl (C=O) groups is 1. The van der Waals surface area contributed by atoms with Crippen LogP contribution in [0.15, 0.2) is 59.7 Å². The van der Waals surface area contributed by atoms with Gasteiger partial charge in [0.25, 0.3) is 0 Å². The van der Waals surface area contributed by atoms with Gasteiger partial charge in [-0.15, -0.1) is 0 Å². The summed E-state index contributed by atoms with van der Waals surface area (Å²) in [6.45, 7) is 2.18. The molecule has 2 aromatic rings. The molecule has 0 N–H and O–H groups in total. The lowest BCUT2D eigenvalue weighted by Gasteiger charge is -2.22. The molecule has 0 aromatic heterocycles. The van der Waals surface area contributed by atoms with Gasteiger partial charge in [-0.05, 0) is 66.3 Å². The third kappa shape index (κ3) is 4.17. The second kappa shape index (κ2) is 7.38. The number of allylic oxidation sites excluding steroid dienone is 2. The lowest BCUT2D eigenvalue weighted by molar-refractivity contribution is -0.113. The fraction of sp³-hybridized carbons (Fsp3) is 0.190. The van der Waals surface area contributed by atoms with Gasteiger partial charge in [-0.25, -0.2) is 0 Å². The normalized spacial score (nSPS) is 21.5. The van der Waals surface area contributed by atoms with Crippen molar-refractivity contribution < 1.29 is 4.79 Å². The number of Topliss-reactive ketones (excluding diaryl/α,β-unsaturated/α-hetero) is 1. The maximum atomic E-state index is 12.8. The van der Waals surface area contributed by atoms with Gasteiger partial charge in [-0.3, -0.25) is 4.79 Å². The molecule has 1 fully saturated rings. The molecule has 1 nitrogen and oxygen atoms in total. The topological polar surface area (TPSA) is 17.1 Å². The molecule has 3 heteroatoms. The molecule has 2 aromatic carbocycles. The highest BCUT2D eigenvalue weighted by Crippen LogP contribution is 2.32. The predicted octanol–water partition coefficient (Wildman–Crippen LogP) is 6.46. The zero-order valence-corrected chi connectivity index (χ0v) is 14.9. The predicted molar refractivity (Wildman–Crippen MR) is 102 cm³/mol. The number of carbonyl (C=O) groups excluding carboxylic acids is 1. The summed E-state index contributed by atoms with van der Waals surface area (Å²) in [6.07, 6.45) is 5.56. The number of hydrogen-bond donors (Lipinski definition) is 0. The van der Waals surface area contributed by atoms with Crippen molar-refractivity contribution in [1.29, 1.82) is 0 Å². The first kappa shape index (κ1) is 17.0. The van der Waals surface area contributed by atoms with Crippen LogP contribution in [0.1, 0.15) is 30.9 Å². The highest BCUT2D eigenvalue weighted by Gasteiger charge is 2.25. The molecule has 1 aliphatic carbocycles. The molecule has 0 radical (unpaired) electrons. The Morgan fingerprint density at radius 1 is 0.792 bits per heavy atom. The molecular formula is C21H18Cl2O. The van der Waals surface area contributed by atoms with E-state index in [0.29, 0.717) is 16.0 Å². The van der Waals surface area contributed by atoms with Crippen LogP contribution in [0.25, 0.3) is 12.2 Å². The molecule has 3 rings (SSSR count). The number of benzene rings is 2. The molecule has 24 heavy (non-hydrogen) atoms. The quantitative estimate of drug-likeness (QED) is 0.564. The highest BCUT2D eigenvalue weighted by molar-refractivity contribution is 6.30. The van der Waals surface area contributed by atoms with E-state index >= 15 is 0 Å². The van der Waals surface area contributed by atoms with Crippen LogP contribution in [-0.4, -0.2) is 5.78 Å². The van der Waals surface area contributed by atoms with Gasteiger partial charge in [-0.1, -0.05) is 54.4 Å². The van der Waals surface area contributed by atoms with Gasteiger partial charge in [0.2, 0.25) is 0 Å². The molecule has 0 heterocycles. The number of rotatable bonds is 2. The number of ketones is 1. The van der Waals surface area contributed by atoms with E-state index in [0.717, 1.165) is 35.1 Å². The Bertz CT molecular complexity index is 731. The van der Waals surface area contributed by atoms with Crippen LogP contribution in [0.3, 0.4) is 0 Å². The molecule has 1 saturated carbocycles. The standard InChI is InChI=1S/C21H18Cl2O/c1-14-10-17(12-15-2-6-19(22)7-3-15)21(24)18(11-14)13-16-4-8-20(23)9-5-16/h2-9,12-14H,10-11H2,1H3/b17-12-,18-13+. The van der Waals surface area contributed by atoms with Gasteiger partial charge in [0, 0.05) is 21.2 Å². The SMILES string of the molecule is CC1C/C(=C/c2ccc(Cl)cc2)C(=O)/C(=C/c2ccc(Cl)cc2)C1. The Kier molecular flexibility index (Phi) is 5.23. The minimum atomic E-state index is 0.137. The zero-order chi connectivity index (χ0) is 17.1. The smallest absolute Gasteiger partial charge is 0.185 e. The van der Waals surface area contributed by atoms with E-state index in [-0.39, 0.29) is 5.78 Å².